The van der Waals surface area contributed by atoms with Crippen LogP contribution >= 0.6 is 0 Å². The summed E-state index contributed by atoms with van der Waals surface area (Å²) in [6, 6.07) is 11.2. The number of nitrogens with zero attached hydrogens (tertiary/aromatic N) is 3. The molecule has 3 rings (SSSR count). The first kappa shape index (κ1) is 14.2. The van der Waals surface area contributed by atoms with Crippen LogP contribution in [0.15, 0.2) is 36.7 Å². The lowest BCUT2D eigenvalue weighted by molar-refractivity contribution is 0.291. The van der Waals surface area contributed by atoms with Gasteiger partial charge in [0.05, 0.1) is 6.04 Å². The van der Waals surface area contributed by atoms with Gasteiger partial charge in [-0.3, -0.25) is 5.10 Å². The molecule has 0 radical (unpaired) electrons. The molecule has 1 fully saturated rings. The van der Waals surface area contributed by atoms with Crippen molar-refractivity contribution in [2.75, 3.05) is 20.1 Å². The molecule has 1 saturated heterocycles. The zero-order valence-corrected chi connectivity index (χ0v) is 12.5. The van der Waals surface area contributed by atoms with Crippen LogP contribution in [-0.2, 0) is 0 Å². The Morgan fingerprint density at radius 2 is 2.24 bits per heavy atom. The lowest BCUT2D eigenvalue weighted by atomic mass is 10.1. The standard InChI is InChI=1S/C16H23N5/c1-21-11-5-8-14(21)9-10-17-15(16-18-12-19-20-16)13-6-3-2-4-7-13/h2-4,6-7,12,14-15,17H,5,8-11H2,1H3,(H,18,19,20). The van der Waals surface area contributed by atoms with Crippen molar-refractivity contribution in [1.82, 2.24) is 25.4 Å². The summed E-state index contributed by atoms with van der Waals surface area (Å²) in [6.07, 6.45) is 5.38. The third-order valence-electron chi connectivity index (χ3n) is 4.34. The Hall–Kier alpha value is -1.72. The van der Waals surface area contributed by atoms with Crippen molar-refractivity contribution in [3.8, 4) is 0 Å². The van der Waals surface area contributed by atoms with Gasteiger partial charge in [-0.05, 0) is 45.0 Å². The second-order valence-corrected chi connectivity index (χ2v) is 5.73. The molecule has 112 valence electrons. The Morgan fingerprint density at radius 1 is 1.38 bits per heavy atom. The molecule has 2 aromatic rings. The molecule has 1 aromatic carbocycles. The van der Waals surface area contributed by atoms with Gasteiger partial charge in [0.15, 0.2) is 0 Å². The fourth-order valence-corrected chi connectivity index (χ4v) is 3.11. The first-order valence-electron chi connectivity index (χ1n) is 7.68. The average molecular weight is 285 g/mol. The number of benzene rings is 1. The normalized spacial score (nSPS) is 20.7. The molecule has 0 aliphatic carbocycles. The van der Waals surface area contributed by atoms with Gasteiger partial charge in [0, 0.05) is 6.04 Å². The monoisotopic (exact) mass is 285 g/mol. The van der Waals surface area contributed by atoms with E-state index in [2.05, 4.69) is 56.7 Å². The second-order valence-electron chi connectivity index (χ2n) is 5.73. The van der Waals surface area contributed by atoms with E-state index in [1.165, 1.54) is 31.4 Å². The fraction of sp³-hybridized carbons (Fsp3) is 0.500. The number of hydrogen-bond donors (Lipinski definition) is 2. The molecular formula is C16H23N5. The van der Waals surface area contributed by atoms with Crippen molar-refractivity contribution in [2.24, 2.45) is 0 Å². The Morgan fingerprint density at radius 3 is 2.90 bits per heavy atom. The predicted molar refractivity (Wildman–Crippen MR) is 82.9 cm³/mol. The van der Waals surface area contributed by atoms with Gasteiger partial charge in [-0.25, -0.2) is 4.98 Å². The van der Waals surface area contributed by atoms with E-state index in [0.29, 0.717) is 6.04 Å². The lowest BCUT2D eigenvalue weighted by Gasteiger charge is -2.22. The third-order valence-corrected chi connectivity index (χ3v) is 4.34. The minimum Gasteiger partial charge on any atom is -0.304 e. The topological polar surface area (TPSA) is 56.8 Å². The van der Waals surface area contributed by atoms with E-state index in [-0.39, 0.29) is 6.04 Å². The van der Waals surface area contributed by atoms with Gasteiger partial charge in [-0.2, -0.15) is 5.10 Å². The van der Waals surface area contributed by atoms with Crippen LogP contribution in [0.4, 0.5) is 0 Å². The van der Waals surface area contributed by atoms with Crippen LogP contribution in [0.2, 0.25) is 0 Å². The SMILES string of the molecule is CN1CCCC1CCNC(c1ccccc1)c1ncn[nH]1. The van der Waals surface area contributed by atoms with Crippen LogP contribution in [0.1, 0.15) is 36.7 Å². The highest BCUT2D eigenvalue weighted by molar-refractivity contribution is 5.24. The molecule has 2 N–H and O–H groups in total. The van der Waals surface area contributed by atoms with E-state index in [4.69, 9.17) is 0 Å². The number of rotatable bonds is 6. The van der Waals surface area contributed by atoms with Crippen LogP contribution in [0.25, 0.3) is 0 Å². The molecule has 2 atom stereocenters. The van der Waals surface area contributed by atoms with E-state index in [1.807, 2.05) is 6.07 Å². The molecule has 0 saturated carbocycles. The first-order valence-corrected chi connectivity index (χ1v) is 7.68. The Balaban J connectivity index is 1.63. The smallest absolute Gasteiger partial charge is 0.145 e. The number of aromatic amines is 1. The van der Waals surface area contributed by atoms with Gasteiger partial charge in [-0.1, -0.05) is 30.3 Å². The van der Waals surface area contributed by atoms with Gasteiger partial charge in [0.2, 0.25) is 0 Å². The first-order chi connectivity index (χ1) is 10.3. The van der Waals surface area contributed by atoms with E-state index in [0.717, 1.165) is 12.4 Å². The molecule has 0 bridgehead atoms. The second kappa shape index (κ2) is 6.83. The van der Waals surface area contributed by atoms with Crippen molar-refractivity contribution in [2.45, 2.75) is 31.3 Å². The van der Waals surface area contributed by atoms with E-state index in [1.54, 1.807) is 6.33 Å². The van der Waals surface area contributed by atoms with Gasteiger partial charge >= 0.3 is 0 Å². The maximum atomic E-state index is 4.32. The molecule has 0 spiro atoms. The molecule has 5 heteroatoms. The molecule has 1 aliphatic rings. The third kappa shape index (κ3) is 3.49. The number of likely N-dealkylation sites (tertiary alicyclic amines) is 1. The van der Waals surface area contributed by atoms with Crippen molar-refractivity contribution in [3.63, 3.8) is 0 Å². The minimum absolute atomic E-state index is 0.0837. The molecule has 5 nitrogen and oxygen atoms in total. The Bertz CT molecular complexity index is 525. The zero-order chi connectivity index (χ0) is 14.5. The molecule has 1 aliphatic heterocycles. The summed E-state index contributed by atoms with van der Waals surface area (Å²) in [7, 11) is 2.22. The van der Waals surface area contributed by atoms with E-state index >= 15 is 0 Å². The van der Waals surface area contributed by atoms with Crippen LogP contribution < -0.4 is 5.32 Å². The van der Waals surface area contributed by atoms with Crippen molar-refractivity contribution >= 4 is 0 Å². The summed E-state index contributed by atoms with van der Waals surface area (Å²) >= 11 is 0. The highest BCUT2D eigenvalue weighted by Crippen LogP contribution is 2.20. The van der Waals surface area contributed by atoms with Crippen molar-refractivity contribution < 1.29 is 0 Å². The number of aromatic nitrogens is 3. The fourth-order valence-electron chi connectivity index (χ4n) is 3.11. The molecule has 21 heavy (non-hydrogen) atoms. The molecule has 0 amide bonds. The van der Waals surface area contributed by atoms with E-state index < -0.39 is 0 Å². The number of H-pyrrole nitrogens is 1. The zero-order valence-electron chi connectivity index (χ0n) is 12.5. The summed E-state index contributed by atoms with van der Waals surface area (Å²) in [5.41, 5.74) is 1.22. The van der Waals surface area contributed by atoms with Crippen LogP contribution in [0.3, 0.4) is 0 Å². The molecule has 1 aromatic heterocycles. The highest BCUT2D eigenvalue weighted by Gasteiger charge is 2.21. The van der Waals surface area contributed by atoms with Crippen molar-refractivity contribution in [1.29, 1.82) is 0 Å². The summed E-state index contributed by atoms with van der Waals surface area (Å²) in [4.78, 5) is 6.78. The van der Waals surface area contributed by atoms with Gasteiger partial charge in [0.1, 0.15) is 12.2 Å². The van der Waals surface area contributed by atoms with E-state index in [9.17, 15) is 0 Å². The largest absolute Gasteiger partial charge is 0.304 e. The summed E-state index contributed by atoms with van der Waals surface area (Å²) in [6.45, 7) is 2.21. The summed E-state index contributed by atoms with van der Waals surface area (Å²) < 4.78 is 0. The molecule has 2 unspecified atom stereocenters. The maximum Gasteiger partial charge on any atom is 0.145 e. The van der Waals surface area contributed by atoms with Crippen LogP contribution in [0.5, 0.6) is 0 Å². The van der Waals surface area contributed by atoms with Gasteiger partial charge in [-0.15, -0.1) is 0 Å². The van der Waals surface area contributed by atoms with Crippen LogP contribution in [0, 0.1) is 0 Å². The van der Waals surface area contributed by atoms with Gasteiger partial charge in [0.25, 0.3) is 0 Å². The highest BCUT2D eigenvalue weighted by atomic mass is 15.2. The minimum atomic E-state index is 0.0837. The quantitative estimate of drug-likeness (QED) is 0.852. The molecular weight excluding hydrogens is 262 g/mol. The number of nitrogens with one attached hydrogen (secondary N) is 2. The predicted octanol–water partition coefficient (Wildman–Crippen LogP) is 1.97. The van der Waals surface area contributed by atoms with Gasteiger partial charge < -0.3 is 10.2 Å². The Labute approximate surface area is 125 Å². The van der Waals surface area contributed by atoms with Crippen LogP contribution in [-0.4, -0.2) is 46.3 Å². The summed E-state index contributed by atoms with van der Waals surface area (Å²) in [5.74, 6) is 0.876. The summed E-state index contributed by atoms with van der Waals surface area (Å²) in [5, 5.41) is 10.6. The molecule has 2 heterocycles. The Kier molecular flexibility index (Phi) is 4.62. The van der Waals surface area contributed by atoms with Crippen molar-refractivity contribution in [3.05, 3.63) is 48.0 Å². The lowest BCUT2D eigenvalue weighted by Crippen LogP contribution is -2.31. The average Bonchev–Trinajstić information content (AvgIpc) is 3.17. The maximum absolute atomic E-state index is 4.32. The number of hydrogen-bond acceptors (Lipinski definition) is 4.